The second-order valence-electron chi connectivity index (χ2n) is 6.99. The molecule has 0 radical (unpaired) electrons. The molecular formula is C19H22N2O3S. The number of thiazole rings is 1. The number of nitrogens with zero attached hydrogens (tertiary/aromatic N) is 2. The number of hydrogen-bond acceptors (Lipinski definition) is 6. The van der Waals surface area contributed by atoms with Crippen molar-refractivity contribution < 1.29 is 14.3 Å². The molecule has 1 aliphatic heterocycles. The Morgan fingerprint density at radius 3 is 2.92 bits per heavy atom. The van der Waals surface area contributed by atoms with Gasteiger partial charge in [-0.2, -0.15) is 0 Å². The van der Waals surface area contributed by atoms with E-state index in [9.17, 15) is 4.79 Å². The molecule has 25 heavy (non-hydrogen) atoms. The Bertz CT molecular complexity index is 785. The molecule has 2 aromatic rings. The predicted octanol–water partition coefficient (Wildman–Crippen LogP) is 3.71. The van der Waals surface area contributed by atoms with Crippen LogP contribution in [0.3, 0.4) is 0 Å². The van der Waals surface area contributed by atoms with Gasteiger partial charge >= 0.3 is 0 Å². The van der Waals surface area contributed by atoms with Crippen LogP contribution in [-0.4, -0.2) is 34.6 Å². The van der Waals surface area contributed by atoms with E-state index < -0.39 is 0 Å². The summed E-state index contributed by atoms with van der Waals surface area (Å²) in [5, 5.41) is 2.95. The summed E-state index contributed by atoms with van der Waals surface area (Å²) in [6.45, 7) is 4.51. The molecule has 5 nitrogen and oxygen atoms in total. The van der Waals surface area contributed by atoms with Crippen LogP contribution in [0.5, 0.6) is 5.75 Å². The second kappa shape index (κ2) is 6.84. The fraction of sp³-hybridized carbons (Fsp3) is 0.526. The highest BCUT2D eigenvalue weighted by Gasteiger charge is 2.27. The van der Waals surface area contributed by atoms with Crippen LogP contribution >= 0.6 is 11.3 Å². The van der Waals surface area contributed by atoms with Gasteiger partial charge in [-0.05, 0) is 26.7 Å². The third-order valence-electron chi connectivity index (χ3n) is 4.55. The highest BCUT2D eigenvalue weighted by molar-refractivity contribution is 7.09. The van der Waals surface area contributed by atoms with Crippen LogP contribution in [-0.2, 0) is 11.2 Å². The average Bonchev–Trinajstić information content (AvgIpc) is 3.19. The molecule has 1 saturated carbocycles. The largest absolute Gasteiger partial charge is 0.488 e. The number of hydrogen-bond donors (Lipinski definition) is 0. The van der Waals surface area contributed by atoms with Crippen molar-refractivity contribution in [3.05, 3.63) is 39.6 Å². The number of ketones is 1. The smallest absolute Gasteiger partial charge is 0.188 e. The number of pyridine rings is 1. The van der Waals surface area contributed by atoms with Gasteiger partial charge in [-0.15, -0.1) is 11.3 Å². The lowest BCUT2D eigenvalue weighted by Crippen LogP contribution is -2.17. The Kier molecular flexibility index (Phi) is 4.56. The zero-order valence-corrected chi connectivity index (χ0v) is 15.3. The SMILES string of the molecule is Cc1cc(O[C@H]2CO[C@H](C)C2)cc(C(=O)Cc2nc(C3CC3)cs2)n1. The first-order valence-corrected chi connectivity index (χ1v) is 9.69. The molecule has 6 heteroatoms. The van der Waals surface area contributed by atoms with Gasteiger partial charge in [0.25, 0.3) is 0 Å². The van der Waals surface area contributed by atoms with Crippen molar-refractivity contribution in [3.8, 4) is 5.75 Å². The van der Waals surface area contributed by atoms with Crippen LogP contribution in [0.15, 0.2) is 17.5 Å². The first-order chi connectivity index (χ1) is 12.1. The lowest BCUT2D eigenvalue weighted by molar-refractivity contribution is 0.0985. The highest BCUT2D eigenvalue weighted by atomic mass is 32.1. The van der Waals surface area contributed by atoms with Gasteiger partial charge in [-0.3, -0.25) is 4.79 Å². The van der Waals surface area contributed by atoms with Gasteiger partial charge in [-0.25, -0.2) is 9.97 Å². The minimum atomic E-state index is -0.0127. The van der Waals surface area contributed by atoms with E-state index in [1.54, 1.807) is 17.4 Å². The quantitative estimate of drug-likeness (QED) is 0.737. The van der Waals surface area contributed by atoms with E-state index in [2.05, 4.69) is 15.3 Å². The number of rotatable bonds is 6. The summed E-state index contributed by atoms with van der Waals surface area (Å²) in [4.78, 5) is 21.6. The molecule has 2 aliphatic rings. The van der Waals surface area contributed by atoms with Gasteiger partial charge in [-0.1, -0.05) is 0 Å². The van der Waals surface area contributed by atoms with Crippen LogP contribution in [0.25, 0.3) is 0 Å². The van der Waals surface area contributed by atoms with Gasteiger partial charge in [0, 0.05) is 35.5 Å². The van der Waals surface area contributed by atoms with Crippen molar-refractivity contribution in [2.24, 2.45) is 0 Å². The summed E-state index contributed by atoms with van der Waals surface area (Å²) < 4.78 is 11.5. The lowest BCUT2D eigenvalue weighted by Gasteiger charge is -2.13. The number of ether oxygens (including phenoxy) is 2. The molecule has 1 saturated heterocycles. The van der Waals surface area contributed by atoms with Crippen molar-refractivity contribution in [2.75, 3.05) is 6.61 Å². The van der Waals surface area contributed by atoms with Crippen LogP contribution in [0, 0.1) is 6.92 Å². The number of Topliss-reactive ketones (excluding diaryl/α,β-unsaturated/α-hetero) is 1. The average molecular weight is 358 g/mol. The maximum absolute atomic E-state index is 12.6. The van der Waals surface area contributed by atoms with Crippen LogP contribution in [0.4, 0.5) is 0 Å². The molecule has 0 N–H and O–H groups in total. The number of aromatic nitrogens is 2. The topological polar surface area (TPSA) is 61.3 Å². The molecule has 4 rings (SSSR count). The summed E-state index contributed by atoms with van der Waals surface area (Å²) in [6, 6.07) is 3.61. The van der Waals surface area contributed by atoms with Crippen molar-refractivity contribution in [1.29, 1.82) is 0 Å². The first-order valence-electron chi connectivity index (χ1n) is 8.81. The Balaban J connectivity index is 1.45. The van der Waals surface area contributed by atoms with Gasteiger partial charge in [0.1, 0.15) is 22.6 Å². The van der Waals surface area contributed by atoms with Crippen molar-refractivity contribution in [3.63, 3.8) is 0 Å². The lowest BCUT2D eigenvalue weighted by atomic mass is 10.1. The van der Waals surface area contributed by atoms with Crippen LogP contribution < -0.4 is 4.74 Å². The molecular weight excluding hydrogens is 336 g/mol. The van der Waals surface area contributed by atoms with E-state index in [1.807, 2.05) is 19.9 Å². The third-order valence-corrected chi connectivity index (χ3v) is 5.42. The summed E-state index contributed by atoms with van der Waals surface area (Å²) in [5.41, 5.74) is 2.38. The van der Waals surface area contributed by atoms with E-state index in [4.69, 9.17) is 9.47 Å². The zero-order valence-electron chi connectivity index (χ0n) is 14.5. The summed E-state index contributed by atoms with van der Waals surface area (Å²) >= 11 is 1.57. The second-order valence-corrected chi connectivity index (χ2v) is 7.93. The van der Waals surface area contributed by atoms with Crippen molar-refractivity contribution >= 4 is 17.1 Å². The molecule has 0 spiro atoms. The molecule has 2 aromatic heterocycles. The summed E-state index contributed by atoms with van der Waals surface area (Å²) in [5.74, 6) is 1.30. The molecule has 0 bridgehead atoms. The molecule has 0 aromatic carbocycles. The highest BCUT2D eigenvalue weighted by Crippen LogP contribution is 2.40. The Morgan fingerprint density at radius 2 is 2.20 bits per heavy atom. The predicted molar refractivity (Wildman–Crippen MR) is 95.5 cm³/mol. The fourth-order valence-corrected chi connectivity index (χ4v) is 3.98. The Labute approximate surface area is 151 Å². The number of carbonyl (C=O) groups is 1. The van der Waals surface area contributed by atoms with Crippen LogP contribution in [0.2, 0.25) is 0 Å². The summed E-state index contributed by atoms with van der Waals surface area (Å²) in [6.07, 6.45) is 3.88. The Hall–Kier alpha value is -1.79. The first kappa shape index (κ1) is 16.7. The number of carbonyl (C=O) groups excluding carboxylic acids is 1. The Morgan fingerprint density at radius 1 is 1.36 bits per heavy atom. The number of aryl methyl sites for hydroxylation is 1. The van der Waals surface area contributed by atoms with E-state index >= 15 is 0 Å². The monoisotopic (exact) mass is 358 g/mol. The molecule has 2 fully saturated rings. The van der Waals surface area contributed by atoms with Crippen LogP contribution in [0.1, 0.15) is 59.0 Å². The van der Waals surface area contributed by atoms with Crippen molar-refractivity contribution in [1.82, 2.24) is 9.97 Å². The minimum Gasteiger partial charge on any atom is -0.488 e. The zero-order chi connectivity index (χ0) is 17.4. The molecule has 2 atom stereocenters. The van der Waals surface area contributed by atoms with E-state index in [0.717, 1.165) is 22.8 Å². The molecule has 0 unspecified atom stereocenters. The molecule has 0 amide bonds. The third kappa shape index (κ3) is 4.07. The molecule has 3 heterocycles. The minimum absolute atomic E-state index is 0.0127. The van der Waals surface area contributed by atoms with E-state index in [-0.39, 0.29) is 18.0 Å². The standard InChI is InChI=1S/C19H22N2O3S/c1-11-5-14(24-15-6-12(2)23-9-15)7-16(20-11)18(22)8-19-21-17(10-25-19)13-3-4-13/h5,7,10,12-13,15H,3-4,6,8-9H2,1-2H3/t12-,15-/m1/s1. The maximum Gasteiger partial charge on any atom is 0.188 e. The van der Waals surface area contributed by atoms with E-state index in [1.165, 1.54) is 12.8 Å². The maximum atomic E-state index is 12.6. The van der Waals surface area contributed by atoms with E-state index in [0.29, 0.717) is 30.4 Å². The van der Waals surface area contributed by atoms with Gasteiger partial charge < -0.3 is 9.47 Å². The summed E-state index contributed by atoms with van der Waals surface area (Å²) in [7, 11) is 0. The normalized spacial score (nSPS) is 23.0. The van der Waals surface area contributed by atoms with Crippen molar-refractivity contribution in [2.45, 2.75) is 57.7 Å². The molecule has 132 valence electrons. The molecule has 1 aliphatic carbocycles. The van der Waals surface area contributed by atoms with Gasteiger partial charge in [0.15, 0.2) is 5.78 Å². The van der Waals surface area contributed by atoms with Gasteiger partial charge in [0.05, 0.1) is 24.8 Å². The fourth-order valence-electron chi connectivity index (χ4n) is 3.10. The van der Waals surface area contributed by atoms with Gasteiger partial charge in [0.2, 0.25) is 0 Å².